The zero-order chi connectivity index (χ0) is 24.4. The molecule has 0 saturated carbocycles. The van der Waals surface area contributed by atoms with Crippen molar-refractivity contribution in [2.45, 2.75) is 40.2 Å². The molecule has 2 aromatic carbocycles. The van der Waals surface area contributed by atoms with E-state index in [0.717, 1.165) is 16.8 Å². The zero-order valence-electron chi connectivity index (χ0n) is 19.5. The van der Waals surface area contributed by atoms with Crippen LogP contribution in [0, 0.1) is 13.8 Å². The second-order valence-corrected chi connectivity index (χ2v) is 7.55. The van der Waals surface area contributed by atoms with Gasteiger partial charge >= 0.3 is 11.8 Å². The van der Waals surface area contributed by atoms with E-state index in [4.69, 9.17) is 9.47 Å². The van der Waals surface area contributed by atoms with Crippen molar-refractivity contribution in [2.75, 3.05) is 19.0 Å². The van der Waals surface area contributed by atoms with Crippen LogP contribution in [0.1, 0.15) is 37.0 Å². The van der Waals surface area contributed by atoms with Gasteiger partial charge in [-0.2, -0.15) is 5.10 Å². The number of benzene rings is 2. The van der Waals surface area contributed by atoms with E-state index in [1.54, 1.807) is 25.1 Å². The van der Waals surface area contributed by atoms with Gasteiger partial charge in [0, 0.05) is 11.7 Å². The summed E-state index contributed by atoms with van der Waals surface area (Å²) in [5.41, 5.74) is 5.52. The fraction of sp³-hybridized carbons (Fsp3) is 0.333. The molecule has 0 aromatic heterocycles. The lowest BCUT2D eigenvalue weighted by Crippen LogP contribution is -2.41. The molecular weight excluding hydrogens is 424 g/mol. The molecule has 176 valence electrons. The quantitative estimate of drug-likeness (QED) is 0.306. The lowest BCUT2D eigenvalue weighted by molar-refractivity contribution is -0.139. The summed E-state index contributed by atoms with van der Waals surface area (Å²) in [5, 5.41) is 9.18. The summed E-state index contributed by atoms with van der Waals surface area (Å²) in [4.78, 5) is 35.8. The summed E-state index contributed by atoms with van der Waals surface area (Å²) >= 11 is 0. The number of carbonyl (C=O) groups is 3. The van der Waals surface area contributed by atoms with Crippen molar-refractivity contribution in [1.29, 1.82) is 0 Å². The minimum absolute atomic E-state index is 0.105. The maximum Gasteiger partial charge on any atom is 0.329 e. The van der Waals surface area contributed by atoms with Gasteiger partial charge in [0.25, 0.3) is 5.91 Å². The Morgan fingerprint density at radius 2 is 1.82 bits per heavy atom. The molecule has 0 bridgehead atoms. The van der Waals surface area contributed by atoms with E-state index in [2.05, 4.69) is 21.2 Å². The number of nitrogens with one attached hydrogen (secondary N) is 3. The standard InChI is InChI=1S/C24H30N4O5/c1-6-17(4)26-23(30)24(31)28-25-13-18-9-10-20(21(12-18)32-5)33-14-22(29)27-19-11-15(2)7-8-16(19)3/h7-13,17H,6,14H2,1-5H3,(H,26,30)(H,27,29)(H,28,31)/b25-13-/t17-/m1/s1. The summed E-state index contributed by atoms with van der Waals surface area (Å²) in [6.07, 6.45) is 2.08. The number of amides is 3. The molecule has 0 spiro atoms. The Morgan fingerprint density at radius 3 is 2.52 bits per heavy atom. The summed E-state index contributed by atoms with van der Waals surface area (Å²) in [6, 6.07) is 10.6. The molecule has 2 aromatic rings. The van der Waals surface area contributed by atoms with E-state index in [9.17, 15) is 14.4 Å². The lowest BCUT2D eigenvalue weighted by atomic mass is 10.1. The number of methoxy groups -OCH3 is 1. The van der Waals surface area contributed by atoms with Gasteiger partial charge < -0.3 is 20.1 Å². The first-order chi connectivity index (χ1) is 15.7. The van der Waals surface area contributed by atoms with Gasteiger partial charge in [-0.25, -0.2) is 5.43 Å². The maximum absolute atomic E-state index is 12.3. The van der Waals surface area contributed by atoms with E-state index in [1.165, 1.54) is 13.3 Å². The van der Waals surface area contributed by atoms with Crippen LogP contribution in [0.15, 0.2) is 41.5 Å². The van der Waals surface area contributed by atoms with Crippen molar-refractivity contribution in [1.82, 2.24) is 10.7 Å². The molecule has 0 radical (unpaired) electrons. The third-order valence-electron chi connectivity index (χ3n) is 4.79. The molecule has 0 aliphatic heterocycles. The third-order valence-corrected chi connectivity index (χ3v) is 4.79. The van der Waals surface area contributed by atoms with Gasteiger partial charge in [0.1, 0.15) is 0 Å². The van der Waals surface area contributed by atoms with Gasteiger partial charge in [-0.1, -0.05) is 19.1 Å². The average molecular weight is 455 g/mol. The first-order valence-corrected chi connectivity index (χ1v) is 10.5. The number of carbonyl (C=O) groups excluding carboxylic acids is 3. The van der Waals surface area contributed by atoms with E-state index in [1.807, 2.05) is 39.0 Å². The van der Waals surface area contributed by atoms with Crippen LogP contribution in [0.4, 0.5) is 5.69 Å². The van der Waals surface area contributed by atoms with Crippen LogP contribution in [0.2, 0.25) is 0 Å². The van der Waals surface area contributed by atoms with Crippen LogP contribution in [-0.4, -0.2) is 43.7 Å². The Hall–Kier alpha value is -3.88. The number of anilines is 1. The molecule has 0 aliphatic rings. The van der Waals surface area contributed by atoms with Crippen LogP contribution < -0.4 is 25.5 Å². The Labute approximate surface area is 193 Å². The topological polar surface area (TPSA) is 118 Å². The summed E-state index contributed by atoms with van der Waals surface area (Å²) in [7, 11) is 1.47. The first kappa shape index (κ1) is 25.4. The number of ether oxygens (including phenoxy) is 2. The SMILES string of the molecule is CC[C@@H](C)NC(=O)C(=O)N/N=C\c1ccc(OCC(=O)Nc2cc(C)ccc2C)c(OC)c1. The molecular formula is C24H30N4O5. The van der Waals surface area contributed by atoms with Gasteiger partial charge in [0.05, 0.1) is 13.3 Å². The number of nitrogens with zero attached hydrogens (tertiary/aromatic N) is 1. The normalized spacial score (nSPS) is 11.5. The minimum atomic E-state index is -0.853. The highest BCUT2D eigenvalue weighted by molar-refractivity contribution is 6.35. The molecule has 3 N–H and O–H groups in total. The van der Waals surface area contributed by atoms with Crippen LogP contribution in [-0.2, 0) is 14.4 Å². The van der Waals surface area contributed by atoms with E-state index < -0.39 is 11.8 Å². The highest BCUT2D eigenvalue weighted by Crippen LogP contribution is 2.27. The molecule has 0 fully saturated rings. The highest BCUT2D eigenvalue weighted by atomic mass is 16.5. The van der Waals surface area contributed by atoms with Crippen molar-refractivity contribution in [3.8, 4) is 11.5 Å². The first-order valence-electron chi connectivity index (χ1n) is 10.5. The number of aryl methyl sites for hydroxylation is 2. The van der Waals surface area contributed by atoms with Gasteiger partial charge in [-0.3, -0.25) is 14.4 Å². The van der Waals surface area contributed by atoms with Crippen LogP contribution in [0.3, 0.4) is 0 Å². The molecule has 2 rings (SSSR count). The Kier molecular flexibility index (Phi) is 9.41. The summed E-state index contributed by atoms with van der Waals surface area (Å²) < 4.78 is 10.9. The number of hydrazone groups is 1. The lowest BCUT2D eigenvalue weighted by Gasteiger charge is -2.13. The summed E-state index contributed by atoms with van der Waals surface area (Å²) in [5.74, 6) is -1.13. The second kappa shape index (κ2) is 12.2. The average Bonchev–Trinajstić information content (AvgIpc) is 2.80. The predicted molar refractivity (Wildman–Crippen MR) is 127 cm³/mol. The van der Waals surface area contributed by atoms with Gasteiger partial charge in [0.15, 0.2) is 18.1 Å². The van der Waals surface area contributed by atoms with Crippen molar-refractivity contribution >= 4 is 29.6 Å². The molecule has 33 heavy (non-hydrogen) atoms. The van der Waals surface area contributed by atoms with E-state index in [-0.39, 0.29) is 18.6 Å². The monoisotopic (exact) mass is 454 g/mol. The van der Waals surface area contributed by atoms with Gasteiger partial charge in [-0.05, 0) is 68.1 Å². The number of rotatable bonds is 9. The maximum atomic E-state index is 12.3. The molecule has 9 heteroatoms. The van der Waals surface area contributed by atoms with Crippen LogP contribution >= 0.6 is 0 Å². The Morgan fingerprint density at radius 1 is 1.06 bits per heavy atom. The Bertz CT molecular complexity index is 1040. The van der Waals surface area contributed by atoms with Crippen molar-refractivity contribution in [3.63, 3.8) is 0 Å². The van der Waals surface area contributed by atoms with Crippen molar-refractivity contribution < 1.29 is 23.9 Å². The fourth-order valence-electron chi connectivity index (χ4n) is 2.69. The van der Waals surface area contributed by atoms with Gasteiger partial charge in [0.2, 0.25) is 0 Å². The molecule has 0 aliphatic carbocycles. The van der Waals surface area contributed by atoms with Crippen LogP contribution in [0.5, 0.6) is 11.5 Å². The number of hydrogen-bond acceptors (Lipinski definition) is 6. The molecule has 3 amide bonds. The third kappa shape index (κ3) is 7.95. The van der Waals surface area contributed by atoms with Crippen molar-refractivity contribution in [2.24, 2.45) is 5.10 Å². The fourth-order valence-corrected chi connectivity index (χ4v) is 2.69. The second-order valence-electron chi connectivity index (χ2n) is 7.55. The molecule has 0 saturated heterocycles. The van der Waals surface area contributed by atoms with Crippen molar-refractivity contribution in [3.05, 3.63) is 53.1 Å². The minimum Gasteiger partial charge on any atom is -0.493 e. The summed E-state index contributed by atoms with van der Waals surface area (Å²) in [6.45, 7) is 7.38. The molecule has 0 unspecified atom stereocenters. The number of hydrogen-bond donors (Lipinski definition) is 3. The van der Waals surface area contributed by atoms with E-state index >= 15 is 0 Å². The zero-order valence-corrected chi connectivity index (χ0v) is 19.5. The predicted octanol–water partition coefficient (Wildman–Crippen LogP) is 2.69. The molecule has 0 heterocycles. The molecule has 1 atom stereocenters. The van der Waals surface area contributed by atoms with Gasteiger partial charge in [-0.15, -0.1) is 0 Å². The van der Waals surface area contributed by atoms with Crippen LogP contribution in [0.25, 0.3) is 0 Å². The molecule has 9 nitrogen and oxygen atoms in total. The highest BCUT2D eigenvalue weighted by Gasteiger charge is 2.14. The van der Waals surface area contributed by atoms with E-state index in [0.29, 0.717) is 23.5 Å². The smallest absolute Gasteiger partial charge is 0.329 e. The Balaban J connectivity index is 1.94. The largest absolute Gasteiger partial charge is 0.493 e.